The highest BCUT2D eigenvalue weighted by Crippen LogP contribution is 2.38. The molecule has 7 heteroatoms. The van der Waals surface area contributed by atoms with E-state index in [1.807, 2.05) is 31.3 Å². The molecule has 1 atom stereocenters. The van der Waals surface area contributed by atoms with E-state index in [9.17, 15) is 4.55 Å². The summed E-state index contributed by atoms with van der Waals surface area (Å²) < 4.78 is 12.5. The third-order valence-corrected chi connectivity index (χ3v) is 5.94. The van der Waals surface area contributed by atoms with Crippen LogP contribution in [0.2, 0.25) is 0 Å². The lowest BCUT2D eigenvalue weighted by molar-refractivity contribution is 0.446. The van der Waals surface area contributed by atoms with E-state index in [0.29, 0.717) is 18.2 Å². The van der Waals surface area contributed by atoms with Gasteiger partial charge in [0.2, 0.25) is 5.95 Å². The van der Waals surface area contributed by atoms with Gasteiger partial charge < -0.3 is 20.5 Å². The zero-order chi connectivity index (χ0) is 16.0. The third-order valence-electron chi connectivity index (χ3n) is 4.52. The molecule has 3 heterocycles. The number of nitrogens with two attached hydrogens (primary N) is 1. The first-order chi connectivity index (χ1) is 11.2. The number of rotatable bonds is 2. The first-order valence-corrected chi connectivity index (χ1v) is 9.05. The molecule has 0 radical (unpaired) electrons. The van der Waals surface area contributed by atoms with Gasteiger partial charge in [-0.05, 0) is 30.4 Å². The van der Waals surface area contributed by atoms with Crippen LogP contribution in [-0.4, -0.2) is 46.5 Å². The minimum atomic E-state index is -1.02. The summed E-state index contributed by atoms with van der Waals surface area (Å²) in [4.78, 5) is 12.0. The van der Waals surface area contributed by atoms with E-state index in [0.717, 1.165) is 40.6 Å². The number of likely N-dealkylation sites (N-methyl/N-ethyl adjacent to an activating group) is 1. The fourth-order valence-corrected chi connectivity index (χ4v) is 4.45. The number of hydrogen-bond donors (Lipinski definition) is 2. The Kier molecular flexibility index (Phi) is 3.63. The molecule has 3 N–H and O–H groups in total. The lowest BCUT2D eigenvalue weighted by Gasteiger charge is -2.41. The molecule has 1 unspecified atom stereocenters. The van der Waals surface area contributed by atoms with Crippen molar-refractivity contribution in [3.8, 4) is 11.3 Å². The van der Waals surface area contributed by atoms with Crippen molar-refractivity contribution in [1.82, 2.24) is 15.3 Å². The number of nitrogens with one attached hydrogen (secondary N) is 1. The number of aromatic nitrogens is 2. The molecule has 2 aromatic rings. The molecule has 1 saturated heterocycles. The molecular formula is C16H19N5OS. The van der Waals surface area contributed by atoms with E-state index >= 15 is 0 Å². The molecule has 1 fully saturated rings. The quantitative estimate of drug-likeness (QED) is 0.792. The van der Waals surface area contributed by atoms with Gasteiger partial charge in [-0.2, -0.15) is 4.98 Å². The van der Waals surface area contributed by atoms with Gasteiger partial charge in [-0.15, -0.1) is 0 Å². The maximum Gasteiger partial charge on any atom is 0.222 e. The predicted octanol–water partition coefficient (Wildman–Crippen LogP) is 0.797. The van der Waals surface area contributed by atoms with Crippen LogP contribution in [0.4, 0.5) is 11.8 Å². The maximum atomic E-state index is 12.5. The summed E-state index contributed by atoms with van der Waals surface area (Å²) in [5.41, 5.74) is 8.78. The molecule has 1 aromatic heterocycles. The lowest BCUT2D eigenvalue weighted by atomic mass is 10.0. The molecule has 2 aliphatic rings. The van der Waals surface area contributed by atoms with E-state index in [1.54, 1.807) is 0 Å². The van der Waals surface area contributed by atoms with Crippen molar-refractivity contribution in [2.24, 2.45) is 0 Å². The first kappa shape index (κ1) is 14.7. The summed E-state index contributed by atoms with van der Waals surface area (Å²) >= 11 is -1.02. The molecule has 0 saturated carbocycles. The van der Waals surface area contributed by atoms with Gasteiger partial charge >= 0.3 is 0 Å². The molecule has 0 spiro atoms. The van der Waals surface area contributed by atoms with Crippen molar-refractivity contribution in [2.75, 3.05) is 36.5 Å². The van der Waals surface area contributed by atoms with Gasteiger partial charge in [0.05, 0.1) is 11.3 Å². The molecule has 0 bridgehead atoms. The average molecular weight is 329 g/mol. The minimum absolute atomic E-state index is 0.272. The molecule has 6 nitrogen and oxygen atoms in total. The Labute approximate surface area is 138 Å². The van der Waals surface area contributed by atoms with E-state index < -0.39 is 11.2 Å². The summed E-state index contributed by atoms with van der Waals surface area (Å²) in [5.74, 6) is 1.76. The van der Waals surface area contributed by atoms with E-state index in [4.69, 9.17) is 5.73 Å². The molecule has 0 amide bonds. The summed E-state index contributed by atoms with van der Waals surface area (Å²) in [6.45, 7) is 1.81. The van der Waals surface area contributed by atoms with Crippen molar-refractivity contribution >= 4 is 22.9 Å². The topological polar surface area (TPSA) is 90.1 Å². The van der Waals surface area contributed by atoms with Crippen LogP contribution in [0.5, 0.6) is 0 Å². The Hall–Kier alpha value is -1.83. The highest BCUT2D eigenvalue weighted by atomic mass is 32.2. The first-order valence-electron chi connectivity index (χ1n) is 7.73. The van der Waals surface area contributed by atoms with E-state index in [-0.39, 0.29) is 5.95 Å². The standard InChI is InChI=1S/C16H19N5OS/c1-18-10-8-21(9-10)15-12-6-7-23(22)13-5-3-2-4-11(13)14(12)19-16(17)20-15/h2-5,10,18H,6-9H2,1H3,(H2,17,19,20). The number of hydrogen-bond acceptors (Lipinski definition) is 6. The third kappa shape index (κ3) is 2.45. The Morgan fingerprint density at radius 2 is 2.09 bits per heavy atom. The maximum absolute atomic E-state index is 12.5. The van der Waals surface area contributed by atoms with E-state index in [2.05, 4.69) is 20.2 Å². The zero-order valence-electron chi connectivity index (χ0n) is 13.0. The molecule has 1 aromatic carbocycles. The number of fused-ring (bicyclic) bond motifs is 3. The Bertz CT molecular complexity index is 747. The second-order valence-electron chi connectivity index (χ2n) is 5.92. The Morgan fingerprint density at radius 1 is 1.30 bits per heavy atom. The number of benzene rings is 1. The van der Waals surface area contributed by atoms with Crippen molar-refractivity contribution in [2.45, 2.75) is 17.4 Å². The fraction of sp³-hybridized carbons (Fsp3) is 0.375. The minimum Gasteiger partial charge on any atom is -0.611 e. The summed E-state index contributed by atoms with van der Waals surface area (Å²) in [5, 5.41) is 3.27. The van der Waals surface area contributed by atoms with Gasteiger partial charge in [0.25, 0.3) is 0 Å². The SMILES string of the molecule is CNC1CN(c2nc(N)nc3c2CC[S+]([O-])c2ccccc2-3)C1. The highest BCUT2D eigenvalue weighted by Gasteiger charge is 2.33. The van der Waals surface area contributed by atoms with Crippen LogP contribution >= 0.6 is 0 Å². The van der Waals surface area contributed by atoms with Gasteiger partial charge in [-0.3, -0.25) is 0 Å². The van der Waals surface area contributed by atoms with Gasteiger partial charge in [0, 0.05) is 31.1 Å². The normalized spacial score (nSPS) is 20.4. The van der Waals surface area contributed by atoms with Crippen LogP contribution < -0.4 is 16.0 Å². The van der Waals surface area contributed by atoms with Crippen LogP contribution in [0, 0.1) is 0 Å². The summed E-state index contributed by atoms with van der Waals surface area (Å²) in [6.07, 6.45) is 0.701. The summed E-state index contributed by atoms with van der Waals surface area (Å²) in [6, 6.07) is 8.23. The van der Waals surface area contributed by atoms with Crippen LogP contribution in [0.1, 0.15) is 5.56 Å². The van der Waals surface area contributed by atoms with Crippen LogP contribution in [-0.2, 0) is 17.6 Å². The van der Waals surface area contributed by atoms with Gasteiger partial charge in [-0.25, -0.2) is 4.98 Å². The highest BCUT2D eigenvalue weighted by molar-refractivity contribution is 7.91. The Morgan fingerprint density at radius 3 is 2.87 bits per heavy atom. The predicted molar refractivity (Wildman–Crippen MR) is 91.9 cm³/mol. The summed E-state index contributed by atoms with van der Waals surface area (Å²) in [7, 11) is 1.97. The van der Waals surface area contributed by atoms with Crippen LogP contribution in [0.3, 0.4) is 0 Å². The molecule has 2 aliphatic heterocycles. The number of anilines is 2. The van der Waals surface area contributed by atoms with Gasteiger partial charge in [-0.1, -0.05) is 12.1 Å². The number of nitrogen functional groups attached to an aromatic ring is 1. The second kappa shape index (κ2) is 5.67. The number of nitrogens with zero attached hydrogens (tertiary/aromatic N) is 3. The van der Waals surface area contributed by atoms with Crippen LogP contribution in [0.25, 0.3) is 11.3 Å². The lowest BCUT2D eigenvalue weighted by Crippen LogP contribution is -2.57. The monoisotopic (exact) mass is 329 g/mol. The molecular weight excluding hydrogens is 310 g/mol. The smallest absolute Gasteiger partial charge is 0.222 e. The van der Waals surface area contributed by atoms with Gasteiger partial charge in [0.15, 0.2) is 4.90 Å². The van der Waals surface area contributed by atoms with Crippen molar-refractivity contribution in [3.05, 3.63) is 29.8 Å². The van der Waals surface area contributed by atoms with Crippen molar-refractivity contribution < 1.29 is 4.55 Å². The molecule has 120 valence electrons. The average Bonchev–Trinajstić information content (AvgIpc) is 2.65. The second-order valence-corrected chi connectivity index (χ2v) is 7.46. The fourth-order valence-electron chi connectivity index (χ4n) is 3.20. The molecule has 23 heavy (non-hydrogen) atoms. The van der Waals surface area contributed by atoms with E-state index in [1.165, 1.54) is 0 Å². The largest absolute Gasteiger partial charge is 0.611 e. The molecule has 0 aliphatic carbocycles. The van der Waals surface area contributed by atoms with Crippen molar-refractivity contribution in [3.63, 3.8) is 0 Å². The zero-order valence-corrected chi connectivity index (χ0v) is 13.8. The Balaban J connectivity index is 1.84. The van der Waals surface area contributed by atoms with Crippen molar-refractivity contribution in [1.29, 1.82) is 0 Å². The molecule has 4 rings (SSSR count). The van der Waals surface area contributed by atoms with Gasteiger partial charge in [0.1, 0.15) is 11.6 Å². The van der Waals surface area contributed by atoms with Crippen LogP contribution in [0.15, 0.2) is 29.2 Å².